The minimum absolute atomic E-state index is 0.192. The Balaban J connectivity index is 2.25. The average Bonchev–Trinajstić information content (AvgIpc) is 2.28. The largest absolute Gasteiger partial charge is 0.359 e. The van der Waals surface area contributed by atoms with Crippen molar-refractivity contribution >= 4 is 5.91 Å². The summed E-state index contributed by atoms with van der Waals surface area (Å²) >= 11 is 0. The van der Waals surface area contributed by atoms with Gasteiger partial charge in [-0.15, -0.1) is 0 Å². The lowest BCUT2D eigenvalue weighted by Gasteiger charge is -2.31. The van der Waals surface area contributed by atoms with Gasteiger partial charge in [0.25, 0.3) is 0 Å². The number of piperidine rings is 1. The number of hydrogen-bond acceptors (Lipinski definition) is 3. The molecule has 1 atom stereocenters. The number of hydrogen-bond donors (Lipinski definition) is 2. The molecule has 0 aromatic rings. The lowest BCUT2D eigenvalue weighted by atomic mass is 9.97. The smallest absolute Gasteiger partial charge is 0.224 e. The van der Waals surface area contributed by atoms with Gasteiger partial charge in [0.15, 0.2) is 0 Å². The lowest BCUT2D eigenvalue weighted by Crippen LogP contribution is -2.44. The normalized spacial score (nSPS) is 22.4. The zero-order valence-corrected chi connectivity index (χ0v) is 10.8. The Kier molecular flexibility index (Phi) is 5.77. The molecule has 0 saturated carbocycles. The van der Waals surface area contributed by atoms with E-state index in [9.17, 15) is 4.79 Å². The molecule has 1 fully saturated rings. The van der Waals surface area contributed by atoms with Gasteiger partial charge in [0.1, 0.15) is 0 Å². The van der Waals surface area contributed by atoms with E-state index in [1.54, 1.807) is 7.05 Å². The van der Waals surface area contributed by atoms with Crippen LogP contribution in [0.2, 0.25) is 0 Å². The molecule has 1 unspecified atom stereocenters. The van der Waals surface area contributed by atoms with Gasteiger partial charge in [-0.3, -0.25) is 4.79 Å². The highest BCUT2D eigenvalue weighted by Crippen LogP contribution is 2.15. The number of rotatable bonds is 5. The first kappa shape index (κ1) is 13.5. The second-order valence-electron chi connectivity index (χ2n) is 4.86. The van der Waals surface area contributed by atoms with E-state index in [-0.39, 0.29) is 11.8 Å². The fourth-order valence-electron chi connectivity index (χ4n) is 2.19. The van der Waals surface area contributed by atoms with Crippen LogP contribution in [0.4, 0.5) is 0 Å². The summed E-state index contributed by atoms with van der Waals surface area (Å²) in [5.41, 5.74) is 0. The third kappa shape index (κ3) is 4.49. The molecule has 0 radical (unpaired) electrons. The average molecular weight is 227 g/mol. The molecule has 1 saturated heterocycles. The molecule has 1 aliphatic heterocycles. The van der Waals surface area contributed by atoms with E-state index in [1.807, 2.05) is 0 Å². The van der Waals surface area contributed by atoms with Gasteiger partial charge in [0.05, 0.1) is 5.92 Å². The summed E-state index contributed by atoms with van der Waals surface area (Å²) in [6.45, 7) is 8.42. The van der Waals surface area contributed by atoms with Gasteiger partial charge in [-0.25, -0.2) is 0 Å². The molecule has 1 heterocycles. The summed E-state index contributed by atoms with van der Waals surface area (Å²) in [5.74, 6) is 0.388. The standard InChI is InChI=1S/C12H25N3O/c1-10(2)14-6-8-15-7-4-5-11(9-15)12(16)13-3/h10-11,14H,4-9H2,1-3H3,(H,13,16). The zero-order chi connectivity index (χ0) is 12.0. The highest BCUT2D eigenvalue weighted by molar-refractivity contribution is 5.78. The molecule has 4 nitrogen and oxygen atoms in total. The molecule has 0 spiro atoms. The van der Waals surface area contributed by atoms with Gasteiger partial charge in [-0.2, -0.15) is 0 Å². The van der Waals surface area contributed by atoms with E-state index in [4.69, 9.17) is 0 Å². The summed E-state index contributed by atoms with van der Waals surface area (Å²) in [5, 5.41) is 6.16. The number of carbonyl (C=O) groups is 1. The summed E-state index contributed by atoms with van der Waals surface area (Å²) in [7, 11) is 1.72. The van der Waals surface area contributed by atoms with Crippen molar-refractivity contribution in [3.05, 3.63) is 0 Å². The summed E-state index contributed by atoms with van der Waals surface area (Å²) in [4.78, 5) is 13.9. The van der Waals surface area contributed by atoms with Gasteiger partial charge >= 0.3 is 0 Å². The van der Waals surface area contributed by atoms with Crippen LogP contribution in [-0.4, -0.2) is 50.1 Å². The minimum Gasteiger partial charge on any atom is -0.359 e. The van der Waals surface area contributed by atoms with Gasteiger partial charge < -0.3 is 15.5 Å². The number of nitrogens with zero attached hydrogens (tertiary/aromatic N) is 1. The third-order valence-electron chi connectivity index (χ3n) is 3.10. The van der Waals surface area contributed by atoms with Crippen molar-refractivity contribution in [2.45, 2.75) is 32.7 Å². The quantitative estimate of drug-likeness (QED) is 0.716. The molecule has 1 aliphatic rings. The van der Waals surface area contributed by atoms with Crippen LogP contribution < -0.4 is 10.6 Å². The fourth-order valence-corrected chi connectivity index (χ4v) is 2.19. The second-order valence-corrected chi connectivity index (χ2v) is 4.86. The van der Waals surface area contributed by atoms with Crippen molar-refractivity contribution in [2.75, 3.05) is 33.2 Å². The maximum absolute atomic E-state index is 11.5. The molecule has 1 rings (SSSR count). The SMILES string of the molecule is CNC(=O)C1CCCN(CCNC(C)C)C1. The topological polar surface area (TPSA) is 44.4 Å². The number of nitrogens with one attached hydrogen (secondary N) is 2. The van der Waals surface area contributed by atoms with Gasteiger partial charge in [0, 0.05) is 32.7 Å². The highest BCUT2D eigenvalue weighted by atomic mass is 16.1. The van der Waals surface area contributed by atoms with Crippen molar-refractivity contribution in [2.24, 2.45) is 5.92 Å². The van der Waals surface area contributed by atoms with Crippen LogP contribution in [0.3, 0.4) is 0 Å². The predicted molar refractivity (Wildman–Crippen MR) is 66.4 cm³/mol. The maximum atomic E-state index is 11.5. The van der Waals surface area contributed by atoms with Crippen LogP contribution in [-0.2, 0) is 4.79 Å². The van der Waals surface area contributed by atoms with E-state index in [0.717, 1.165) is 39.0 Å². The van der Waals surface area contributed by atoms with Crippen LogP contribution in [0.1, 0.15) is 26.7 Å². The van der Waals surface area contributed by atoms with E-state index < -0.39 is 0 Å². The van der Waals surface area contributed by atoms with Gasteiger partial charge in [-0.05, 0) is 19.4 Å². The lowest BCUT2D eigenvalue weighted by molar-refractivity contribution is -0.126. The van der Waals surface area contributed by atoms with Gasteiger partial charge in [0.2, 0.25) is 5.91 Å². The molecule has 0 aromatic heterocycles. The molecule has 16 heavy (non-hydrogen) atoms. The molecule has 94 valence electrons. The molecular weight excluding hydrogens is 202 g/mol. The predicted octanol–water partition coefficient (Wildman–Crippen LogP) is 0.442. The Hall–Kier alpha value is -0.610. The van der Waals surface area contributed by atoms with Crippen molar-refractivity contribution in [1.29, 1.82) is 0 Å². The van der Waals surface area contributed by atoms with Crippen molar-refractivity contribution in [3.8, 4) is 0 Å². The molecule has 0 bridgehead atoms. The minimum atomic E-state index is 0.192. The Bertz CT molecular complexity index is 218. The maximum Gasteiger partial charge on any atom is 0.224 e. The Morgan fingerprint density at radius 3 is 2.88 bits per heavy atom. The number of likely N-dealkylation sites (tertiary alicyclic amines) is 1. The molecule has 4 heteroatoms. The molecule has 2 N–H and O–H groups in total. The third-order valence-corrected chi connectivity index (χ3v) is 3.10. The first-order valence-electron chi connectivity index (χ1n) is 6.30. The molecule has 1 amide bonds. The van der Waals surface area contributed by atoms with Crippen molar-refractivity contribution in [3.63, 3.8) is 0 Å². The van der Waals surface area contributed by atoms with Crippen LogP contribution in [0.25, 0.3) is 0 Å². The number of carbonyl (C=O) groups excluding carboxylic acids is 1. The van der Waals surface area contributed by atoms with Crippen LogP contribution >= 0.6 is 0 Å². The fraction of sp³-hybridized carbons (Fsp3) is 0.917. The van der Waals surface area contributed by atoms with Crippen molar-refractivity contribution in [1.82, 2.24) is 15.5 Å². The summed E-state index contributed by atoms with van der Waals surface area (Å²) < 4.78 is 0. The van der Waals surface area contributed by atoms with E-state index in [0.29, 0.717) is 6.04 Å². The highest BCUT2D eigenvalue weighted by Gasteiger charge is 2.24. The van der Waals surface area contributed by atoms with E-state index >= 15 is 0 Å². The van der Waals surface area contributed by atoms with E-state index in [2.05, 4.69) is 29.4 Å². The second kappa shape index (κ2) is 6.86. The zero-order valence-electron chi connectivity index (χ0n) is 10.8. The summed E-state index contributed by atoms with van der Waals surface area (Å²) in [6.07, 6.45) is 2.17. The first-order chi connectivity index (χ1) is 7.63. The molecule has 0 aliphatic carbocycles. The van der Waals surface area contributed by atoms with Crippen LogP contribution in [0.15, 0.2) is 0 Å². The Morgan fingerprint density at radius 1 is 1.50 bits per heavy atom. The number of amides is 1. The monoisotopic (exact) mass is 227 g/mol. The molecular formula is C12H25N3O. The van der Waals surface area contributed by atoms with Crippen LogP contribution in [0.5, 0.6) is 0 Å². The van der Waals surface area contributed by atoms with Gasteiger partial charge in [-0.1, -0.05) is 13.8 Å². The summed E-state index contributed by atoms with van der Waals surface area (Å²) in [6, 6.07) is 0.541. The van der Waals surface area contributed by atoms with Crippen LogP contribution in [0, 0.1) is 5.92 Å². The molecule has 0 aromatic carbocycles. The van der Waals surface area contributed by atoms with E-state index in [1.165, 1.54) is 0 Å². The van der Waals surface area contributed by atoms with Crippen molar-refractivity contribution < 1.29 is 4.79 Å². The Labute approximate surface area is 98.8 Å². The Morgan fingerprint density at radius 2 is 2.25 bits per heavy atom. The first-order valence-corrected chi connectivity index (χ1v) is 6.30.